The van der Waals surface area contributed by atoms with Crippen molar-refractivity contribution >= 4 is 28.3 Å². The lowest BCUT2D eigenvalue weighted by molar-refractivity contribution is -0.131. The smallest absolute Gasteiger partial charge is 0.228 e. The Labute approximate surface area is 132 Å². The monoisotopic (exact) mass is 309 g/mol. The van der Waals surface area contributed by atoms with E-state index in [0.29, 0.717) is 13.0 Å². The van der Waals surface area contributed by atoms with Gasteiger partial charge in [0.05, 0.1) is 6.42 Å². The maximum absolute atomic E-state index is 12.4. The molecule has 0 aliphatic carbocycles. The van der Waals surface area contributed by atoms with Crippen molar-refractivity contribution in [3.05, 3.63) is 58.0 Å². The SMILES string of the molecule is O=C(Cc1cccs1)N1CCc2nc3ncccc3cc2C1. The van der Waals surface area contributed by atoms with Gasteiger partial charge in [-0.15, -0.1) is 11.3 Å². The fourth-order valence-electron chi connectivity index (χ4n) is 2.85. The van der Waals surface area contributed by atoms with E-state index in [1.165, 1.54) is 0 Å². The lowest BCUT2D eigenvalue weighted by Crippen LogP contribution is -2.37. The first-order valence-corrected chi connectivity index (χ1v) is 8.21. The van der Waals surface area contributed by atoms with Gasteiger partial charge in [0.1, 0.15) is 0 Å². The van der Waals surface area contributed by atoms with Crippen LogP contribution in [-0.4, -0.2) is 27.3 Å². The normalized spacial score (nSPS) is 14.1. The number of nitrogens with zero attached hydrogens (tertiary/aromatic N) is 3. The Morgan fingerprint density at radius 3 is 3.14 bits per heavy atom. The van der Waals surface area contributed by atoms with Crippen molar-refractivity contribution in [3.63, 3.8) is 0 Å². The second-order valence-corrected chi connectivity index (χ2v) is 6.50. The molecule has 22 heavy (non-hydrogen) atoms. The first-order valence-electron chi connectivity index (χ1n) is 7.33. The van der Waals surface area contributed by atoms with Crippen LogP contribution in [0.4, 0.5) is 0 Å². The third-order valence-electron chi connectivity index (χ3n) is 4.00. The van der Waals surface area contributed by atoms with E-state index in [9.17, 15) is 4.79 Å². The molecule has 4 rings (SSSR count). The van der Waals surface area contributed by atoms with Crippen LogP contribution in [0.5, 0.6) is 0 Å². The minimum Gasteiger partial charge on any atom is -0.338 e. The summed E-state index contributed by atoms with van der Waals surface area (Å²) in [6, 6.07) is 10.1. The van der Waals surface area contributed by atoms with E-state index in [2.05, 4.69) is 16.0 Å². The summed E-state index contributed by atoms with van der Waals surface area (Å²) in [5.41, 5.74) is 3.01. The van der Waals surface area contributed by atoms with Gasteiger partial charge in [0, 0.05) is 41.7 Å². The van der Waals surface area contributed by atoms with Crippen molar-refractivity contribution in [2.24, 2.45) is 0 Å². The summed E-state index contributed by atoms with van der Waals surface area (Å²) < 4.78 is 0. The molecule has 0 atom stereocenters. The lowest BCUT2D eigenvalue weighted by atomic mass is 10.0. The zero-order valence-electron chi connectivity index (χ0n) is 12.0. The predicted octanol–water partition coefficient (Wildman–Crippen LogP) is 2.82. The molecule has 0 saturated heterocycles. The molecule has 0 N–H and O–H groups in total. The van der Waals surface area contributed by atoms with Crippen LogP contribution in [0, 0.1) is 0 Å². The van der Waals surface area contributed by atoms with E-state index in [1.54, 1.807) is 17.5 Å². The number of pyridine rings is 2. The molecule has 0 fully saturated rings. The van der Waals surface area contributed by atoms with Gasteiger partial charge in [-0.2, -0.15) is 0 Å². The van der Waals surface area contributed by atoms with Crippen molar-refractivity contribution in [2.75, 3.05) is 6.54 Å². The zero-order valence-corrected chi connectivity index (χ0v) is 12.8. The number of amides is 1. The maximum Gasteiger partial charge on any atom is 0.228 e. The van der Waals surface area contributed by atoms with E-state index in [1.807, 2.05) is 34.5 Å². The van der Waals surface area contributed by atoms with E-state index in [-0.39, 0.29) is 5.91 Å². The van der Waals surface area contributed by atoms with Gasteiger partial charge in [0.15, 0.2) is 5.65 Å². The molecule has 3 aromatic rings. The zero-order chi connectivity index (χ0) is 14.9. The summed E-state index contributed by atoms with van der Waals surface area (Å²) in [4.78, 5) is 24.4. The first-order chi connectivity index (χ1) is 10.8. The molecule has 1 aliphatic rings. The molecule has 0 bridgehead atoms. The van der Waals surface area contributed by atoms with Crippen LogP contribution in [0.25, 0.3) is 11.0 Å². The summed E-state index contributed by atoms with van der Waals surface area (Å²) in [6.07, 6.45) is 3.06. The molecule has 4 nitrogen and oxygen atoms in total. The van der Waals surface area contributed by atoms with Crippen molar-refractivity contribution in [1.82, 2.24) is 14.9 Å². The number of fused-ring (bicyclic) bond motifs is 2. The average Bonchev–Trinajstić information content (AvgIpc) is 3.05. The number of hydrogen-bond donors (Lipinski definition) is 0. The molecule has 5 heteroatoms. The molecule has 0 spiro atoms. The fraction of sp³-hybridized carbons (Fsp3) is 0.235. The number of aromatic nitrogens is 2. The molecule has 1 aliphatic heterocycles. The van der Waals surface area contributed by atoms with Gasteiger partial charge in [-0.05, 0) is 35.2 Å². The van der Waals surface area contributed by atoms with Crippen LogP contribution < -0.4 is 0 Å². The third kappa shape index (κ3) is 2.48. The molecule has 110 valence electrons. The van der Waals surface area contributed by atoms with Crippen molar-refractivity contribution in [3.8, 4) is 0 Å². The maximum atomic E-state index is 12.4. The molecule has 0 saturated carbocycles. The Kier molecular flexibility index (Phi) is 3.35. The summed E-state index contributed by atoms with van der Waals surface area (Å²) in [5.74, 6) is 0.194. The van der Waals surface area contributed by atoms with E-state index in [4.69, 9.17) is 0 Å². The van der Waals surface area contributed by atoms with Crippen LogP contribution in [-0.2, 0) is 24.2 Å². The molecular formula is C17H15N3OS. The summed E-state index contributed by atoms with van der Waals surface area (Å²) in [5, 5.41) is 3.05. The first kappa shape index (κ1) is 13.4. The number of hydrogen-bond acceptors (Lipinski definition) is 4. The molecule has 4 heterocycles. The van der Waals surface area contributed by atoms with E-state index < -0.39 is 0 Å². The summed E-state index contributed by atoms with van der Waals surface area (Å²) >= 11 is 1.63. The van der Waals surface area contributed by atoms with Gasteiger partial charge >= 0.3 is 0 Å². The van der Waals surface area contributed by atoms with E-state index in [0.717, 1.165) is 40.1 Å². The highest BCUT2D eigenvalue weighted by Crippen LogP contribution is 2.22. The Bertz CT molecular complexity index is 829. The Morgan fingerprint density at radius 1 is 1.32 bits per heavy atom. The molecule has 1 amide bonds. The standard InChI is InChI=1S/C17H15N3OS/c21-16(10-14-4-2-8-22-14)20-7-5-15-13(11-20)9-12-3-1-6-18-17(12)19-15/h1-4,6,8-9H,5,7,10-11H2. The van der Waals surface area contributed by atoms with Gasteiger partial charge in [-0.3, -0.25) is 4.79 Å². The minimum atomic E-state index is 0.194. The van der Waals surface area contributed by atoms with Crippen LogP contribution in [0.3, 0.4) is 0 Å². The van der Waals surface area contributed by atoms with Gasteiger partial charge < -0.3 is 4.90 Å². The lowest BCUT2D eigenvalue weighted by Gasteiger charge is -2.28. The van der Waals surface area contributed by atoms with Crippen LogP contribution >= 0.6 is 11.3 Å². The average molecular weight is 309 g/mol. The Morgan fingerprint density at radius 2 is 2.27 bits per heavy atom. The van der Waals surface area contributed by atoms with E-state index >= 15 is 0 Å². The fourth-order valence-corrected chi connectivity index (χ4v) is 3.55. The number of thiophene rings is 1. The predicted molar refractivity (Wildman–Crippen MR) is 86.7 cm³/mol. The third-order valence-corrected chi connectivity index (χ3v) is 4.87. The molecule has 0 radical (unpaired) electrons. The van der Waals surface area contributed by atoms with Crippen LogP contribution in [0.15, 0.2) is 41.9 Å². The largest absolute Gasteiger partial charge is 0.338 e. The number of carbonyl (C=O) groups excluding carboxylic acids is 1. The highest BCUT2D eigenvalue weighted by atomic mass is 32.1. The number of carbonyl (C=O) groups is 1. The van der Waals surface area contributed by atoms with Gasteiger partial charge in [0.2, 0.25) is 5.91 Å². The summed E-state index contributed by atoms with van der Waals surface area (Å²) in [7, 11) is 0. The van der Waals surface area contributed by atoms with Gasteiger partial charge in [-0.1, -0.05) is 6.07 Å². The summed E-state index contributed by atoms with van der Waals surface area (Å²) in [6.45, 7) is 1.39. The minimum absolute atomic E-state index is 0.194. The molecule has 3 aromatic heterocycles. The molecular weight excluding hydrogens is 294 g/mol. The highest BCUT2D eigenvalue weighted by molar-refractivity contribution is 7.10. The quantitative estimate of drug-likeness (QED) is 0.731. The molecule has 0 unspecified atom stereocenters. The van der Waals surface area contributed by atoms with Crippen molar-refractivity contribution < 1.29 is 4.79 Å². The van der Waals surface area contributed by atoms with Crippen LogP contribution in [0.1, 0.15) is 16.1 Å². The Hall–Kier alpha value is -2.27. The Balaban J connectivity index is 1.58. The van der Waals surface area contributed by atoms with Crippen molar-refractivity contribution in [2.45, 2.75) is 19.4 Å². The van der Waals surface area contributed by atoms with Crippen LogP contribution in [0.2, 0.25) is 0 Å². The topological polar surface area (TPSA) is 46.1 Å². The number of rotatable bonds is 2. The molecule has 0 aromatic carbocycles. The highest BCUT2D eigenvalue weighted by Gasteiger charge is 2.22. The second-order valence-electron chi connectivity index (χ2n) is 5.47. The second kappa shape index (κ2) is 5.50. The van der Waals surface area contributed by atoms with Gasteiger partial charge in [-0.25, -0.2) is 9.97 Å². The van der Waals surface area contributed by atoms with Crippen molar-refractivity contribution in [1.29, 1.82) is 0 Å². The van der Waals surface area contributed by atoms with Gasteiger partial charge in [0.25, 0.3) is 0 Å².